The van der Waals surface area contributed by atoms with Crippen molar-refractivity contribution in [3.05, 3.63) is 88.5 Å². The topological polar surface area (TPSA) is 98.7 Å². The van der Waals surface area contributed by atoms with Crippen molar-refractivity contribution in [2.45, 2.75) is 6.54 Å². The maximum absolute atomic E-state index is 12.9. The number of imide groups is 1. The minimum Gasteiger partial charge on any atom is -0.355 e. The molecule has 0 spiro atoms. The number of carbonyl (C=O) groups is 3. The van der Waals surface area contributed by atoms with Gasteiger partial charge in [-0.15, -0.1) is 0 Å². The fourth-order valence-electron chi connectivity index (χ4n) is 4.22. The van der Waals surface area contributed by atoms with Crippen molar-refractivity contribution in [2.75, 3.05) is 43.0 Å². The van der Waals surface area contributed by atoms with Crippen LogP contribution in [-0.2, 0) is 11.3 Å². The summed E-state index contributed by atoms with van der Waals surface area (Å²) in [7, 11) is 1.95. The number of benzene rings is 2. The maximum atomic E-state index is 12.9. The molecule has 0 aliphatic carbocycles. The van der Waals surface area contributed by atoms with Crippen molar-refractivity contribution in [2.24, 2.45) is 0 Å². The van der Waals surface area contributed by atoms with E-state index >= 15 is 0 Å². The summed E-state index contributed by atoms with van der Waals surface area (Å²) >= 11 is 0.858. The van der Waals surface area contributed by atoms with Gasteiger partial charge in [0.25, 0.3) is 17.1 Å². The van der Waals surface area contributed by atoms with E-state index in [2.05, 4.69) is 17.4 Å². The highest BCUT2D eigenvalue weighted by Gasteiger charge is 2.27. The van der Waals surface area contributed by atoms with E-state index in [9.17, 15) is 14.4 Å². The lowest BCUT2D eigenvalue weighted by atomic mass is 10.2. The molecule has 10 heteroatoms. The summed E-state index contributed by atoms with van der Waals surface area (Å²) < 4.78 is 0. The Kier molecular flexibility index (Phi) is 7.18. The summed E-state index contributed by atoms with van der Waals surface area (Å²) in [4.78, 5) is 52.4. The number of anilines is 2. The highest BCUT2D eigenvalue weighted by molar-refractivity contribution is 8.18. The van der Waals surface area contributed by atoms with Crippen LogP contribution in [0.4, 0.5) is 16.6 Å². The molecule has 188 valence electrons. The number of amides is 3. The Morgan fingerprint density at radius 1 is 1.00 bits per heavy atom. The maximum Gasteiger partial charge on any atom is 0.290 e. The average Bonchev–Trinajstić information content (AvgIpc) is 3.25. The van der Waals surface area contributed by atoms with Crippen LogP contribution in [0.25, 0.3) is 6.08 Å². The van der Waals surface area contributed by atoms with Gasteiger partial charge in [-0.25, -0.2) is 4.98 Å². The Bertz CT molecular complexity index is 1340. The number of hydrogen-bond acceptors (Lipinski definition) is 8. The predicted octanol–water partition coefficient (Wildman–Crippen LogP) is 3.40. The van der Waals surface area contributed by atoms with Crippen molar-refractivity contribution < 1.29 is 14.4 Å². The normalized spacial score (nSPS) is 16.7. The Morgan fingerprint density at radius 2 is 1.68 bits per heavy atom. The molecule has 3 aromatic rings. The second kappa shape index (κ2) is 10.8. The molecule has 5 rings (SSSR count). The summed E-state index contributed by atoms with van der Waals surface area (Å²) in [5.41, 5.74) is 2.34. The molecule has 1 N–H and O–H groups in total. The van der Waals surface area contributed by atoms with E-state index in [1.165, 1.54) is 0 Å². The number of nitrogens with zero attached hydrogens (tertiary/aromatic N) is 5. The molecule has 0 unspecified atom stereocenters. The van der Waals surface area contributed by atoms with Gasteiger partial charge in [-0.2, -0.15) is 4.98 Å². The van der Waals surface area contributed by atoms with Crippen molar-refractivity contribution in [3.8, 4) is 0 Å². The molecule has 9 nitrogen and oxygen atoms in total. The molecule has 0 atom stereocenters. The van der Waals surface area contributed by atoms with E-state index in [-0.39, 0.29) is 5.91 Å². The highest BCUT2D eigenvalue weighted by atomic mass is 32.2. The third-order valence-corrected chi connectivity index (χ3v) is 6.98. The van der Waals surface area contributed by atoms with Gasteiger partial charge in [0, 0.05) is 51.4 Å². The Hall–Kier alpha value is -4.18. The second-order valence-electron chi connectivity index (χ2n) is 8.79. The molecule has 2 saturated heterocycles. The first-order chi connectivity index (χ1) is 18.0. The summed E-state index contributed by atoms with van der Waals surface area (Å²) in [5.74, 6) is 0.795. The minimum absolute atomic E-state index is 0.0110. The molecule has 3 amide bonds. The van der Waals surface area contributed by atoms with E-state index in [4.69, 9.17) is 9.97 Å². The fraction of sp³-hybridized carbons (Fsp3) is 0.222. The van der Waals surface area contributed by atoms with Crippen LogP contribution in [0.15, 0.2) is 71.6 Å². The van der Waals surface area contributed by atoms with Crippen LogP contribution in [-0.4, -0.2) is 65.1 Å². The second-order valence-corrected chi connectivity index (χ2v) is 9.80. The van der Waals surface area contributed by atoms with Gasteiger partial charge in [0.1, 0.15) is 5.82 Å². The number of piperazine rings is 1. The van der Waals surface area contributed by atoms with E-state index in [1.807, 2.05) is 76.3 Å². The van der Waals surface area contributed by atoms with Crippen molar-refractivity contribution >= 4 is 46.7 Å². The molecule has 3 heterocycles. The van der Waals surface area contributed by atoms with Crippen LogP contribution in [0.2, 0.25) is 0 Å². The van der Waals surface area contributed by atoms with Gasteiger partial charge < -0.3 is 14.7 Å². The number of nitrogens with one attached hydrogen (secondary N) is 1. The monoisotopic (exact) mass is 514 g/mol. The molecule has 37 heavy (non-hydrogen) atoms. The largest absolute Gasteiger partial charge is 0.355 e. The van der Waals surface area contributed by atoms with Crippen molar-refractivity contribution in [1.29, 1.82) is 0 Å². The number of carbonyl (C=O) groups excluding carboxylic acids is 3. The van der Waals surface area contributed by atoms with Crippen LogP contribution in [0.5, 0.6) is 0 Å². The average molecular weight is 515 g/mol. The van der Waals surface area contributed by atoms with Crippen molar-refractivity contribution in [1.82, 2.24) is 20.2 Å². The van der Waals surface area contributed by atoms with Crippen LogP contribution in [0.3, 0.4) is 0 Å². The van der Waals surface area contributed by atoms with Gasteiger partial charge in [0.2, 0.25) is 5.95 Å². The summed E-state index contributed by atoms with van der Waals surface area (Å²) in [5, 5.41) is 1.88. The van der Waals surface area contributed by atoms with Gasteiger partial charge in [-0.3, -0.25) is 19.7 Å². The SMILES string of the molecule is CN(Cc1ccccc1)c1cc(/C=C2/SC(=O)NC2=O)nc(N2CCN(C(=O)c3ccccc3)CC2)n1. The molecular formula is C27H26N6O3S. The van der Waals surface area contributed by atoms with E-state index in [0.717, 1.165) is 17.3 Å². The van der Waals surface area contributed by atoms with E-state index in [1.54, 1.807) is 6.08 Å². The molecule has 2 aliphatic heterocycles. The van der Waals surface area contributed by atoms with Crippen LogP contribution in [0.1, 0.15) is 21.6 Å². The first kappa shape index (κ1) is 24.5. The standard InChI is InChI=1S/C27H26N6O3S/c1-31(18-19-8-4-2-5-9-19)23-17-21(16-22-24(34)30-27(36)37-22)28-26(29-23)33-14-12-32(13-15-33)25(35)20-10-6-3-7-11-20/h2-11,16-17H,12-15,18H2,1H3,(H,30,34,36)/b22-16+. The van der Waals surface area contributed by atoms with E-state index < -0.39 is 11.1 Å². The number of rotatable bonds is 6. The first-order valence-electron chi connectivity index (χ1n) is 11.9. The van der Waals surface area contributed by atoms with Crippen molar-refractivity contribution in [3.63, 3.8) is 0 Å². The lowest BCUT2D eigenvalue weighted by Gasteiger charge is -2.35. The van der Waals surface area contributed by atoms with Crippen LogP contribution < -0.4 is 15.1 Å². The van der Waals surface area contributed by atoms with Gasteiger partial charge in [0.05, 0.1) is 10.6 Å². The van der Waals surface area contributed by atoms with Crippen LogP contribution >= 0.6 is 11.8 Å². The highest BCUT2D eigenvalue weighted by Crippen LogP contribution is 2.27. The molecular weight excluding hydrogens is 488 g/mol. The fourth-order valence-corrected chi connectivity index (χ4v) is 4.88. The first-order valence-corrected chi connectivity index (χ1v) is 12.8. The lowest BCUT2D eigenvalue weighted by molar-refractivity contribution is -0.115. The zero-order valence-electron chi connectivity index (χ0n) is 20.3. The van der Waals surface area contributed by atoms with Gasteiger partial charge in [-0.05, 0) is 35.5 Å². The minimum atomic E-state index is -0.428. The summed E-state index contributed by atoms with van der Waals surface area (Å²) in [6, 6.07) is 21.1. The van der Waals surface area contributed by atoms with Gasteiger partial charge in [0.15, 0.2) is 0 Å². The number of hydrogen-bond donors (Lipinski definition) is 1. The molecule has 0 radical (unpaired) electrons. The van der Waals surface area contributed by atoms with E-state index in [0.29, 0.717) is 60.7 Å². The summed E-state index contributed by atoms with van der Waals surface area (Å²) in [6.07, 6.45) is 1.62. The summed E-state index contributed by atoms with van der Waals surface area (Å²) in [6.45, 7) is 2.89. The third kappa shape index (κ3) is 5.80. The molecule has 2 aliphatic rings. The molecule has 2 fully saturated rings. The number of aromatic nitrogens is 2. The molecule has 0 bridgehead atoms. The smallest absolute Gasteiger partial charge is 0.290 e. The lowest BCUT2D eigenvalue weighted by Crippen LogP contribution is -2.49. The quantitative estimate of drug-likeness (QED) is 0.500. The zero-order valence-corrected chi connectivity index (χ0v) is 21.1. The number of thioether (sulfide) groups is 1. The Morgan fingerprint density at radius 3 is 2.32 bits per heavy atom. The molecule has 1 aromatic heterocycles. The third-order valence-electron chi connectivity index (χ3n) is 6.17. The molecule has 2 aromatic carbocycles. The van der Waals surface area contributed by atoms with Gasteiger partial charge in [-0.1, -0.05) is 48.5 Å². The predicted molar refractivity (Wildman–Crippen MR) is 144 cm³/mol. The van der Waals surface area contributed by atoms with Gasteiger partial charge >= 0.3 is 0 Å². The zero-order chi connectivity index (χ0) is 25.8. The Labute approximate surface area is 219 Å². The van der Waals surface area contributed by atoms with Crippen LogP contribution in [0, 0.1) is 0 Å². The molecule has 0 saturated carbocycles. The Balaban J connectivity index is 1.38.